The van der Waals surface area contributed by atoms with Gasteiger partial charge in [-0.15, -0.1) is 0 Å². The average Bonchev–Trinajstić information content (AvgIpc) is 2.45. The van der Waals surface area contributed by atoms with Gasteiger partial charge in [-0.1, -0.05) is 0 Å². The number of hydrogen-bond donors (Lipinski definition) is 2. The molecule has 0 unspecified atom stereocenters. The second-order valence-electron chi connectivity index (χ2n) is 3.96. The largest absolute Gasteiger partial charge is 0.387 e. The van der Waals surface area contributed by atoms with E-state index in [1.54, 1.807) is 7.05 Å². The van der Waals surface area contributed by atoms with Gasteiger partial charge >= 0.3 is 0 Å². The number of alkyl halides is 2. The molecular formula is C12H15F2N3O4. The van der Waals surface area contributed by atoms with Crippen molar-refractivity contribution >= 4 is 17.3 Å². The summed E-state index contributed by atoms with van der Waals surface area (Å²) in [5.74, 6) is -0.552. The molecule has 116 valence electrons. The fourth-order valence-electron chi connectivity index (χ4n) is 1.56. The van der Waals surface area contributed by atoms with Crippen molar-refractivity contribution in [1.82, 2.24) is 5.32 Å². The third kappa shape index (κ3) is 5.30. The first-order chi connectivity index (χ1) is 9.95. The lowest BCUT2D eigenvalue weighted by molar-refractivity contribution is -0.384. The Kier molecular flexibility index (Phi) is 6.47. The monoisotopic (exact) mass is 303 g/mol. The molecule has 9 heteroatoms. The molecule has 21 heavy (non-hydrogen) atoms. The van der Waals surface area contributed by atoms with Crippen LogP contribution >= 0.6 is 0 Å². The molecule has 0 aliphatic carbocycles. The van der Waals surface area contributed by atoms with Gasteiger partial charge in [-0.25, -0.2) is 8.78 Å². The minimum Gasteiger partial charge on any atom is -0.387 e. The van der Waals surface area contributed by atoms with Crippen LogP contribution in [0.5, 0.6) is 0 Å². The smallest absolute Gasteiger partial charge is 0.270 e. The summed E-state index contributed by atoms with van der Waals surface area (Å²) in [7, 11) is 1.57. The standard InChI is InChI=1S/C12H15F2N3O4/c1-15-10-3-2-8(17(19)20)6-9(10)12(18)16-4-5-21-7-11(13)14/h2-3,6,11,15H,4-5,7H2,1H3,(H,16,18). The molecule has 7 nitrogen and oxygen atoms in total. The van der Waals surface area contributed by atoms with Crippen LogP contribution in [-0.2, 0) is 4.74 Å². The molecule has 0 aliphatic heterocycles. The molecule has 0 saturated heterocycles. The Morgan fingerprint density at radius 1 is 1.48 bits per heavy atom. The van der Waals surface area contributed by atoms with E-state index in [-0.39, 0.29) is 24.4 Å². The van der Waals surface area contributed by atoms with Crippen molar-refractivity contribution in [2.75, 3.05) is 32.1 Å². The van der Waals surface area contributed by atoms with Gasteiger partial charge in [0.2, 0.25) is 0 Å². The summed E-state index contributed by atoms with van der Waals surface area (Å²) in [6, 6.07) is 3.83. The first-order valence-electron chi connectivity index (χ1n) is 6.06. The predicted octanol–water partition coefficient (Wildman–Crippen LogP) is 1.65. The molecule has 1 aromatic rings. The van der Waals surface area contributed by atoms with Gasteiger partial charge in [0, 0.05) is 31.4 Å². The first kappa shape index (κ1) is 16.8. The zero-order valence-corrected chi connectivity index (χ0v) is 11.3. The number of halogens is 2. The van der Waals surface area contributed by atoms with Gasteiger partial charge in [0.1, 0.15) is 6.61 Å². The Morgan fingerprint density at radius 3 is 2.76 bits per heavy atom. The summed E-state index contributed by atoms with van der Waals surface area (Å²) in [5.41, 5.74) is 0.306. The summed E-state index contributed by atoms with van der Waals surface area (Å²) in [4.78, 5) is 22.0. The highest BCUT2D eigenvalue weighted by atomic mass is 19.3. The number of ether oxygens (including phenoxy) is 1. The van der Waals surface area contributed by atoms with E-state index in [0.29, 0.717) is 5.69 Å². The first-order valence-corrected chi connectivity index (χ1v) is 6.06. The maximum absolute atomic E-state index is 11.9. The number of carbonyl (C=O) groups is 1. The van der Waals surface area contributed by atoms with Crippen LogP contribution in [0.4, 0.5) is 20.2 Å². The molecule has 0 heterocycles. The van der Waals surface area contributed by atoms with Crippen LogP contribution in [-0.4, -0.2) is 44.1 Å². The Balaban J connectivity index is 2.63. The zero-order chi connectivity index (χ0) is 15.8. The molecule has 0 radical (unpaired) electrons. The van der Waals surface area contributed by atoms with Gasteiger partial charge in [-0.2, -0.15) is 0 Å². The highest BCUT2D eigenvalue weighted by Crippen LogP contribution is 2.21. The van der Waals surface area contributed by atoms with Gasteiger partial charge in [0.05, 0.1) is 17.1 Å². The van der Waals surface area contributed by atoms with Crippen molar-refractivity contribution in [1.29, 1.82) is 0 Å². The van der Waals surface area contributed by atoms with E-state index < -0.39 is 23.9 Å². The van der Waals surface area contributed by atoms with Crippen LogP contribution in [0.1, 0.15) is 10.4 Å². The minimum absolute atomic E-state index is 0.0252. The van der Waals surface area contributed by atoms with E-state index in [0.717, 1.165) is 6.07 Å². The van der Waals surface area contributed by atoms with Gasteiger partial charge in [-0.05, 0) is 6.07 Å². The number of hydrogen-bond acceptors (Lipinski definition) is 5. The normalized spacial score (nSPS) is 10.5. The van der Waals surface area contributed by atoms with Crippen molar-refractivity contribution in [2.24, 2.45) is 0 Å². The number of nitro groups is 1. The second-order valence-corrected chi connectivity index (χ2v) is 3.96. The highest BCUT2D eigenvalue weighted by molar-refractivity contribution is 6.00. The van der Waals surface area contributed by atoms with Crippen molar-refractivity contribution in [3.8, 4) is 0 Å². The third-order valence-electron chi connectivity index (χ3n) is 2.50. The summed E-state index contributed by atoms with van der Waals surface area (Å²) >= 11 is 0. The molecule has 0 fully saturated rings. The van der Waals surface area contributed by atoms with Crippen LogP contribution in [0.3, 0.4) is 0 Å². The summed E-state index contributed by atoms with van der Waals surface area (Å²) < 4.78 is 28.3. The predicted molar refractivity (Wildman–Crippen MR) is 71.8 cm³/mol. The second kappa shape index (κ2) is 8.10. The molecule has 0 aliphatic rings. The number of carbonyl (C=O) groups excluding carboxylic acids is 1. The number of nitrogens with zero attached hydrogens (tertiary/aromatic N) is 1. The molecule has 1 aromatic carbocycles. The molecule has 0 saturated carbocycles. The molecule has 1 amide bonds. The topological polar surface area (TPSA) is 93.5 Å². The van der Waals surface area contributed by atoms with Gasteiger partial charge in [0.15, 0.2) is 0 Å². The highest BCUT2D eigenvalue weighted by Gasteiger charge is 2.15. The number of amides is 1. The molecule has 2 N–H and O–H groups in total. The van der Waals surface area contributed by atoms with Crippen LogP contribution in [0.15, 0.2) is 18.2 Å². The molecule has 0 aromatic heterocycles. The van der Waals surface area contributed by atoms with Gasteiger partial charge in [0.25, 0.3) is 18.0 Å². The summed E-state index contributed by atoms with van der Waals surface area (Å²) in [5, 5.41) is 15.9. The number of nitro benzene ring substituents is 1. The fraction of sp³-hybridized carbons (Fsp3) is 0.417. The van der Waals surface area contributed by atoms with Gasteiger partial charge in [-0.3, -0.25) is 14.9 Å². The SMILES string of the molecule is CNc1ccc([N+](=O)[O-])cc1C(=O)NCCOCC(F)F. The molecule has 0 bridgehead atoms. The molecular weight excluding hydrogens is 288 g/mol. The quantitative estimate of drug-likeness (QED) is 0.432. The summed E-state index contributed by atoms with van der Waals surface area (Å²) in [6.07, 6.45) is -2.56. The zero-order valence-electron chi connectivity index (χ0n) is 11.3. The maximum atomic E-state index is 11.9. The average molecular weight is 303 g/mol. The van der Waals surface area contributed by atoms with Crippen molar-refractivity contribution < 1.29 is 23.2 Å². The third-order valence-corrected chi connectivity index (χ3v) is 2.50. The Morgan fingerprint density at radius 2 is 2.19 bits per heavy atom. The van der Waals surface area contributed by atoms with E-state index in [2.05, 4.69) is 15.4 Å². The van der Waals surface area contributed by atoms with E-state index in [1.165, 1.54) is 12.1 Å². The minimum atomic E-state index is -2.56. The molecule has 1 rings (SSSR count). The molecule has 0 spiro atoms. The van der Waals surface area contributed by atoms with Crippen LogP contribution in [0.2, 0.25) is 0 Å². The van der Waals surface area contributed by atoms with Crippen molar-refractivity contribution in [3.63, 3.8) is 0 Å². The van der Waals surface area contributed by atoms with E-state index in [9.17, 15) is 23.7 Å². The van der Waals surface area contributed by atoms with Crippen molar-refractivity contribution in [2.45, 2.75) is 6.43 Å². The lowest BCUT2D eigenvalue weighted by atomic mass is 10.1. The van der Waals surface area contributed by atoms with Crippen molar-refractivity contribution in [3.05, 3.63) is 33.9 Å². The molecule has 0 atom stereocenters. The van der Waals surface area contributed by atoms with Crippen LogP contribution in [0.25, 0.3) is 0 Å². The number of benzene rings is 1. The lowest BCUT2D eigenvalue weighted by Gasteiger charge is -2.10. The van der Waals surface area contributed by atoms with E-state index >= 15 is 0 Å². The lowest BCUT2D eigenvalue weighted by Crippen LogP contribution is -2.28. The summed E-state index contributed by atoms with van der Waals surface area (Å²) in [6.45, 7) is -0.744. The van der Waals surface area contributed by atoms with Gasteiger partial charge < -0.3 is 15.4 Å². The number of nitrogens with one attached hydrogen (secondary N) is 2. The number of rotatable bonds is 8. The van der Waals surface area contributed by atoms with E-state index in [4.69, 9.17) is 0 Å². The van der Waals surface area contributed by atoms with E-state index in [1.807, 2.05) is 0 Å². The Labute approximate surface area is 119 Å². The van der Waals surface area contributed by atoms with Crippen LogP contribution in [0, 0.1) is 10.1 Å². The number of anilines is 1. The fourth-order valence-corrected chi connectivity index (χ4v) is 1.56. The Hall–Kier alpha value is -2.29. The van der Waals surface area contributed by atoms with Crippen LogP contribution < -0.4 is 10.6 Å². The number of non-ortho nitro benzene ring substituents is 1. The maximum Gasteiger partial charge on any atom is 0.270 e. The Bertz CT molecular complexity index is 511.